The van der Waals surface area contributed by atoms with Gasteiger partial charge in [-0.3, -0.25) is 0 Å². The molecule has 1 aromatic rings. The Labute approximate surface area is 113 Å². The Morgan fingerprint density at radius 3 is 2.16 bits per heavy atom. The van der Waals surface area contributed by atoms with Gasteiger partial charge < -0.3 is 21.9 Å². The lowest BCUT2D eigenvalue weighted by Crippen LogP contribution is -2.26. The van der Waals surface area contributed by atoms with Crippen LogP contribution in [0.25, 0.3) is 0 Å². The van der Waals surface area contributed by atoms with E-state index in [1.165, 1.54) is 0 Å². The van der Waals surface area contributed by atoms with Crippen LogP contribution < -0.4 is 21.9 Å². The van der Waals surface area contributed by atoms with Crippen LogP contribution in [0.1, 0.15) is 26.7 Å². The molecule has 0 spiro atoms. The summed E-state index contributed by atoms with van der Waals surface area (Å²) >= 11 is 0. The molecule has 0 aliphatic rings. The first-order chi connectivity index (χ1) is 9.05. The van der Waals surface area contributed by atoms with Crippen LogP contribution in [0.2, 0.25) is 0 Å². The van der Waals surface area contributed by atoms with Crippen molar-refractivity contribution < 1.29 is 4.74 Å². The first kappa shape index (κ1) is 14.8. The second-order valence-corrected chi connectivity index (χ2v) is 4.06. The predicted octanol–water partition coefficient (Wildman–Crippen LogP) is 1.47. The molecule has 6 N–H and O–H groups in total. The van der Waals surface area contributed by atoms with Gasteiger partial charge in [-0.15, -0.1) is 0 Å². The number of nitrogens with zero attached hydrogens (tertiary/aromatic N) is 2. The molecule has 0 radical (unpaired) electrons. The van der Waals surface area contributed by atoms with E-state index >= 15 is 0 Å². The molecule has 0 bridgehead atoms. The third-order valence-electron chi connectivity index (χ3n) is 2.54. The van der Waals surface area contributed by atoms with Crippen LogP contribution in [-0.2, 0) is 0 Å². The van der Waals surface area contributed by atoms with Crippen molar-refractivity contribution in [1.82, 2.24) is 0 Å². The number of guanidine groups is 2. The van der Waals surface area contributed by atoms with Gasteiger partial charge in [0, 0.05) is 0 Å². The first-order valence-electron chi connectivity index (χ1n) is 6.25. The summed E-state index contributed by atoms with van der Waals surface area (Å²) in [7, 11) is 0. The van der Waals surface area contributed by atoms with E-state index in [1.54, 1.807) is 12.1 Å². The van der Waals surface area contributed by atoms with Gasteiger partial charge in [-0.25, -0.2) is 4.99 Å². The normalized spacial score (nSPS) is 11.4. The van der Waals surface area contributed by atoms with Crippen molar-refractivity contribution in [2.45, 2.75) is 32.8 Å². The SMILES string of the molecule is CCC(CC)Oc1ccc(N=C(N)N=C(N)N)cc1. The molecule has 0 amide bonds. The summed E-state index contributed by atoms with van der Waals surface area (Å²) in [5, 5.41) is 0. The van der Waals surface area contributed by atoms with E-state index in [0.717, 1.165) is 18.6 Å². The summed E-state index contributed by atoms with van der Waals surface area (Å²) in [5.41, 5.74) is 16.6. The smallest absolute Gasteiger partial charge is 0.223 e. The highest BCUT2D eigenvalue weighted by Gasteiger charge is 2.04. The number of benzene rings is 1. The summed E-state index contributed by atoms with van der Waals surface area (Å²) in [5.74, 6) is 0.719. The van der Waals surface area contributed by atoms with Crippen LogP contribution in [0.15, 0.2) is 34.3 Å². The van der Waals surface area contributed by atoms with Crippen LogP contribution >= 0.6 is 0 Å². The van der Waals surface area contributed by atoms with Gasteiger partial charge in [0.2, 0.25) is 5.96 Å². The molecule has 6 nitrogen and oxygen atoms in total. The standard InChI is InChI=1S/C13H21N5O/c1-3-10(4-2)19-11-7-5-9(6-8-11)17-13(16)18-12(14)15/h5-8,10H,3-4H2,1-2H3,(H6,14,15,16,17,18). The van der Waals surface area contributed by atoms with Crippen LogP contribution in [0.3, 0.4) is 0 Å². The lowest BCUT2D eigenvalue weighted by Gasteiger charge is -2.15. The Balaban J connectivity index is 2.74. The maximum atomic E-state index is 5.79. The number of ether oxygens (including phenoxy) is 1. The van der Waals surface area contributed by atoms with Crippen molar-refractivity contribution in [2.24, 2.45) is 27.2 Å². The minimum atomic E-state index is -0.116. The fraction of sp³-hybridized carbons (Fsp3) is 0.385. The second kappa shape index (κ2) is 7.25. The number of hydrogen-bond donors (Lipinski definition) is 3. The molecule has 0 heterocycles. The highest BCUT2D eigenvalue weighted by atomic mass is 16.5. The van der Waals surface area contributed by atoms with Gasteiger partial charge in [-0.05, 0) is 37.1 Å². The zero-order valence-electron chi connectivity index (χ0n) is 11.3. The van der Waals surface area contributed by atoms with E-state index in [0.29, 0.717) is 5.69 Å². The van der Waals surface area contributed by atoms with Gasteiger partial charge in [0.05, 0.1) is 11.8 Å². The van der Waals surface area contributed by atoms with Crippen molar-refractivity contribution in [3.63, 3.8) is 0 Å². The molecule has 19 heavy (non-hydrogen) atoms. The van der Waals surface area contributed by atoms with Gasteiger partial charge in [0.1, 0.15) is 5.75 Å². The average Bonchev–Trinajstić information content (AvgIpc) is 2.37. The highest BCUT2D eigenvalue weighted by molar-refractivity contribution is 5.93. The Kier molecular flexibility index (Phi) is 5.66. The fourth-order valence-corrected chi connectivity index (χ4v) is 1.54. The molecule has 0 atom stereocenters. The quantitative estimate of drug-likeness (QED) is 0.551. The van der Waals surface area contributed by atoms with E-state index < -0.39 is 0 Å². The molecule has 0 unspecified atom stereocenters. The Bertz CT molecular complexity index is 445. The highest BCUT2D eigenvalue weighted by Crippen LogP contribution is 2.20. The maximum Gasteiger partial charge on any atom is 0.223 e. The van der Waals surface area contributed by atoms with Crippen molar-refractivity contribution in [3.8, 4) is 5.75 Å². The van der Waals surface area contributed by atoms with Gasteiger partial charge in [0.25, 0.3) is 0 Å². The van der Waals surface area contributed by atoms with Gasteiger partial charge in [-0.2, -0.15) is 4.99 Å². The van der Waals surface area contributed by atoms with Crippen LogP contribution in [0.5, 0.6) is 5.75 Å². The minimum Gasteiger partial charge on any atom is -0.490 e. The third kappa shape index (κ3) is 5.29. The molecule has 0 aliphatic carbocycles. The zero-order valence-corrected chi connectivity index (χ0v) is 11.3. The topological polar surface area (TPSA) is 112 Å². The maximum absolute atomic E-state index is 5.79. The van der Waals surface area contributed by atoms with Crippen molar-refractivity contribution >= 4 is 17.6 Å². The van der Waals surface area contributed by atoms with E-state index in [4.69, 9.17) is 21.9 Å². The molecule has 1 rings (SSSR count). The van der Waals surface area contributed by atoms with E-state index in [-0.39, 0.29) is 18.0 Å². The van der Waals surface area contributed by atoms with Crippen LogP contribution in [-0.4, -0.2) is 18.0 Å². The molecule has 104 valence electrons. The molecule has 0 aliphatic heterocycles. The molecular weight excluding hydrogens is 242 g/mol. The monoisotopic (exact) mass is 263 g/mol. The molecule has 0 saturated carbocycles. The summed E-state index contributed by atoms with van der Waals surface area (Å²) in [6, 6.07) is 7.29. The number of rotatable bonds is 5. The number of nitrogens with two attached hydrogens (primary N) is 3. The third-order valence-corrected chi connectivity index (χ3v) is 2.54. The molecule has 0 aromatic heterocycles. The van der Waals surface area contributed by atoms with Crippen molar-refractivity contribution in [1.29, 1.82) is 0 Å². The largest absolute Gasteiger partial charge is 0.490 e. The number of hydrogen-bond acceptors (Lipinski definition) is 2. The lowest BCUT2D eigenvalue weighted by atomic mass is 10.2. The first-order valence-corrected chi connectivity index (χ1v) is 6.25. The summed E-state index contributed by atoms with van der Waals surface area (Å²) in [4.78, 5) is 7.69. The van der Waals surface area contributed by atoms with E-state index in [1.807, 2.05) is 12.1 Å². The van der Waals surface area contributed by atoms with E-state index in [9.17, 15) is 0 Å². The average molecular weight is 263 g/mol. The second-order valence-electron chi connectivity index (χ2n) is 4.06. The molecule has 0 saturated heterocycles. The summed E-state index contributed by atoms with van der Waals surface area (Å²) < 4.78 is 5.79. The van der Waals surface area contributed by atoms with Crippen molar-refractivity contribution in [2.75, 3.05) is 0 Å². The van der Waals surface area contributed by atoms with Gasteiger partial charge >= 0.3 is 0 Å². The van der Waals surface area contributed by atoms with Gasteiger partial charge in [-0.1, -0.05) is 13.8 Å². The summed E-state index contributed by atoms with van der Waals surface area (Å²) in [6.07, 6.45) is 2.20. The number of aliphatic imine (C=N–C) groups is 2. The lowest BCUT2D eigenvalue weighted by molar-refractivity contribution is 0.193. The fourth-order valence-electron chi connectivity index (χ4n) is 1.54. The Morgan fingerprint density at radius 1 is 1.11 bits per heavy atom. The Hall–Kier alpha value is -2.24. The summed E-state index contributed by atoms with van der Waals surface area (Å²) in [6.45, 7) is 4.20. The van der Waals surface area contributed by atoms with Crippen LogP contribution in [0, 0.1) is 0 Å². The molecule has 1 aromatic carbocycles. The molecule has 0 fully saturated rings. The van der Waals surface area contributed by atoms with Crippen molar-refractivity contribution in [3.05, 3.63) is 24.3 Å². The van der Waals surface area contributed by atoms with E-state index in [2.05, 4.69) is 23.8 Å². The Morgan fingerprint density at radius 2 is 1.68 bits per heavy atom. The van der Waals surface area contributed by atoms with Crippen LogP contribution in [0.4, 0.5) is 5.69 Å². The minimum absolute atomic E-state index is 0.0219. The molecule has 6 heteroatoms. The van der Waals surface area contributed by atoms with Gasteiger partial charge in [0.15, 0.2) is 5.96 Å². The predicted molar refractivity (Wildman–Crippen MR) is 78.5 cm³/mol. The zero-order chi connectivity index (χ0) is 14.3. The molecular formula is C13H21N5O.